The van der Waals surface area contributed by atoms with Gasteiger partial charge in [0, 0.05) is 17.2 Å². The van der Waals surface area contributed by atoms with Crippen LogP contribution in [0, 0.1) is 5.82 Å². The van der Waals surface area contributed by atoms with Crippen molar-refractivity contribution in [2.45, 2.75) is 13.3 Å². The third-order valence-corrected chi connectivity index (χ3v) is 2.25. The first kappa shape index (κ1) is 11.2. The molecule has 1 rings (SSSR count). The summed E-state index contributed by atoms with van der Waals surface area (Å²) in [5.74, 6) is -0.0916. The number of nitrogens with one attached hydrogen (secondary N) is 1. The number of hydrogen-bond acceptors (Lipinski definition) is 2. The van der Waals surface area contributed by atoms with Crippen molar-refractivity contribution in [3.63, 3.8) is 0 Å². The van der Waals surface area contributed by atoms with Gasteiger partial charge in [-0.2, -0.15) is 0 Å². The lowest BCUT2D eigenvalue weighted by molar-refractivity contribution is 0.624. The molecule has 0 aliphatic heterocycles. The first-order chi connectivity index (χ1) is 6.63. The normalized spacial score (nSPS) is 9.93. The van der Waals surface area contributed by atoms with Crippen LogP contribution in [0.5, 0.6) is 0 Å². The van der Waals surface area contributed by atoms with E-state index in [1.165, 1.54) is 6.07 Å². The zero-order valence-corrected chi connectivity index (χ0v) is 9.57. The molecule has 0 amide bonds. The van der Waals surface area contributed by atoms with Gasteiger partial charge in [0.05, 0.1) is 0 Å². The Labute approximate surface area is 91.4 Å². The topological polar surface area (TPSA) is 24.9 Å². The Hall–Kier alpha value is -0.900. The molecule has 0 saturated heterocycles. The van der Waals surface area contributed by atoms with Crippen LogP contribution in [0.1, 0.15) is 13.3 Å². The van der Waals surface area contributed by atoms with Crippen LogP contribution >= 0.6 is 15.9 Å². The van der Waals surface area contributed by atoms with E-state index >= 15 is 0 Å². The maximum absolute atomic E-state index is 13.2. The SMILES string of the molecule is C=C(CC)CNc1ncc(Br)cc1F. The number of anilines is 1. The minimum Gasteiger partial charge on any atom is -0.364 e. The second-order valence-electron chi connectivity index (χ2n) is 2.94. The standard InChI is InChI=1S/C10H12BrFN2/c1-3-7(2)5-13-10-9(12)4-8(11)6-14-10/h4,6H,2-3,5H2,1H3,(H,13,14). The number of pyridine rings is 1. The van der Waals surface area contributed by atoms with Gasteiger partial charge < -0.3 is 5.32 Å². The van der Waals surface area contributed by atoms with Crippen LogP contribution in [-0.4, -0.2) is 11.5 Å². The molecule has 0 bridgehead atoms. The van der Waals surface area contributed by atoms with E-state index in [0.29, 0.717) is 11.0 Å². The van der Waals surface area contributed by atoms with Crippen molar-refractivity contribution in [1.82, 2.24) is 4.98 Å². The molecule has 0 fully saturated rings. The summed E-state index contributed by atoms with van der Waals surface area (Å²) in [4.78, 5) is 3.91. The van der Waals surface area contributed by atoms with Crippen molar-refractivity contribution in [1.29, 1.82) is 0 Å². The molecule has 4 heteroatoms. The van der Waals surface area contributed by atoms with Gasteiger partial charge >= 0.3 is 0 Å². The van der Waals surface area contributed by atoms with Gasteiger partial charge in [0.15, 0.2) is 11.6 Å². The van der Waals surface area contributed by atoms with Gasteiger partial charge in [-0.15, -0.1) is 0 Å². The Morgan fingerprint density at radius 2 is 2.43 bits per heavy atom. The predicted molar refractivity (Wildman–Crippen MR) is 59.8 cm³/mol. The van der Waals surface area contributed by atoms with Gasteiger partial charge in [-0.25, -0.2) is 9.37 Å². The van der Waals surface area contributed by atoms with Gasteiger partial charge in [-0.05, 0) is 28.4 Å². The average Bonchev–Trinajstić information content (AvgIpc) is 2.16. The second kappa shape index (κ2) is 5.10. The fourth-order valence-corrected chi connectivity index (χ4v) is 1.18. The highest BCUT2D eigenvalue weighted by Crippen LogP contribution is 2.16. The number of hydrogen-bond donors (Lipinski definition) is 1. The number of aromatic nitrogens is 1. The molecule has 1 aromatic rings. The van der Waals surface area contributed by atoms with Crippen LogP contribution in [0.2, 0.25) is 0 Å². The molecule has 0 aliphatic rings. The Morgan fingerprint density at radius 1 is 1.71 bits per heavy atom. The molecule has 0 saturated carbocycles. The Bertz CT molecular complexity index is 339. The highest BCUT2D eigenvalue weighted by Gasteiger charge is 2.03. The zero-order valence-electron chi connectivity index (χ0n) is 7.98. The van der Waals surface area contributed by atoms with Crippen LogP contribution in [-0.2, 0) is 0 Å². The molecule has 0 radical (unpaired) electrons. The zero-order chi connectivity index (χ0) is 10.6. The van der Waals surface area contributed by atoms with E-state index in [0.717, 1.165) is 12.0 Å². The van der Waals surface area contributed by atoms with E-state index in [-0.39, 0.29) is 11.6 Å². The molecule has 0 aliphatic carbocycles. The van der Waals surface area contributed by atoms with E-state index in [2.05, 4.69) is 32.8 Å². The summed E-state index contributed by atoms with van der Waals surface area (Å²) in [7, 11) is 0. The highest BCUT2D eigenvalue weighted by molar-refractivity contribution is 9.10. The molecular formula is C10H12BrFN2. The fraction of sp³-hybridized carbons (Fsp3) is 0.300. The van der Waals surface area contributed by atoms with Crippen LogP contribution < -0.4 is 5.32 Å². The van der Waals surface area contributed by atoms with Crippen LogP contribution in [0.3, 0.4) is 0 Å². The van der Waals surface area contributed by atoms with Crippen molar-refractivity contribution in [3.05, 3.63) is 34.7 Å². The molecule has 1 N–H and O–H groups in total. The second-order valence-corrected chi connectivity index (χ2v) is 3.86. The van der Waals surface area contributed by atoms with E-state index in [9.17, 15) is 4.39 Å². The van der Waals surface area contributed by atoms with Crippen LogP contribution in [0.25, 0.3) is 0 Å². The molecule has 0 unspecified atom stereocenters. The van der Waals surface area contributed by atoms with E-state index < -0.39 is 0 Å². The number of halogens is 2. The molecule has 0 spiro atoms. The molecule has 1 aromatic heterocycles. The fourth-order valence-electron chi connectivity index (χ4n) is 0.878. The minimum atomic E-state index is -0.358. The quantitative estimate of drug-likeness (QED) is 0.838. The van der Waals surface area contributed by atoms with Gasteiger partial charge in [0.1, 0.15) is 0 Å². The molecular weight excluding hydrogens is 247 g/mol. The molecule has 2 nitrogen and oxygen atoms in total. The Balaban J connectivity index is 2.63. The van der Waals surface area contributed by atoms with Crippen molar-refractivity contribution in [2.75, 3.05) is 11.9 Å². The summed E-state index contributed by atoms with van der Waals surface area (Å²) in [6.07, 6.45) is 2.44. The Morgan fingerprint density at radius 3 is 3.00 bits per heavy atom. The maximum Gasteiger partial charge on any atom is 0.166 e. The van der Waals surface area contributed by atoms with Gasteiger partial charge in [0.25, 0.3) is 0 Å². The molecule has 1 heterocycles. The lowest BCUT2D eigenvalue weighted by Crippen LogP contribution is -2.06. The molecule has 0 aromatic carbocycles. The van der Waals surface area contributed by atoms with Gasteiger partial charge in [0.2, 0.25) is 0 Å². The monoisotopic (exact) mass is 258 g/mol. The lowest BCUT2D eigenvalue weighted by Gasteiger charge is -2.07. The summed E-state index contributed by atoms with van der Waals surface area (Å²) in [6.45, 7) is 6.38. The minimum absolute atomic E-state index is 0.266. The predicted octanol–water partition coefficient (Wildman–Crippen LogP) is 3.36. The summed E-state index contributed by atoms with van der Waals surface area (Å²) >= 11 is 3.14. The summed E-state index contributed by atoms with van der Waals surface area (Å²) in [5, 5.41) is 2.88. The lowest BCUT2D eigenvalue weighted by atomic mass is 10.2. The first-order valence-corrected chi connectivity index (χ1v) is 5.14. The maximum atomic E-state index is 13.2. The summed E-state index contributed by atoms with van der Waals surface area (Å²) in [5.41, 5.74) is 1.02. The summed E-state index contributed by atoms with van der Waals surface area (Å²) in [6, 6.07) is 1.38. The van der Waals surface area contributed by atoms with E-state index in [4.69, 9.17) is 0 Å². The van der Waals surface area contributed by atoms with Crippen molar-refractivity contribution in [3.8, 4) is 0 Å². The Kier molecular flexibility index (Phi) is 4.07. The third-order valence-electron chi connectivity index (χ3n) is 1.81. The van der Waals surface area contributed by atoms with E-state index in [1.54, 1.807) is 6.20 Å². The first-order valence-electron chi connectivity index (χ1n) is 4.35. The molecule has 76 valence electrons. The smallest absolute Gasteiger partial charge is 0.166 e. The van der Waals surface area contributed by atoms with E-state index in [1.807, 2.05) is 6.92 Å². The van der Waals surface area contributed by atoms with Gasteiger partial charge in [-0.1, -0.05) is 19.1 Å². The highest BCUT2D eigenvalue weighted by atomic mass is 79.9. The van der Waals surface area contributed by atoms with Crippen LogP contribution in [0.4, 0.5) is 10.2 Å². The summed E-state index contributed by atoms with van der Waals surface area (Å²) < 4.78 is 13.9. The van der Waals surface area contributed by atoms with Crippen molar-refractivity contribution < 1.29 is 4.39 Å². The van der Waals surface area contributed by atoms with Crippen LogP contribution in [0.15, 0.2) is 28.9 Å². The molecule has 14 heavy (non-hydrogen) atoms. The largest absolute Gasteiger partial charge is 0.364 e. The number of rotatable bonds is 4. The third kappa shape index (κ3) is 3.10. The average molecular weight is 259 g/mol. The van der Waals surface area contributed by atoms with Gasteiger partial charge in [-0.3, -0.25) is 0 Å². The van der Waals surface area contributed by atoms with Crippen molar-refractivity contribution in [2.24, 2.45) is 0 Å². The number of nitrogens with zero attached hydrogens (tertiary/aromatic N) is 1. The van der Waals surface area contributed by atoms with Crippen molar-refractivity contribution >= 4 is 21.7 Å². The molecule has 0 atom stereocenters.